The van der Waals surface area contributed by atoms with Gasteiger partial charge in [-0.2, -0.15) is 0 Å². The summed E-state index contributed by atoms with van der Waals surface area (Å²) in [5.41, 5.74) is 1.29. The Morgan fingerprint density at radius 3 is 2.45 bits per heavy atom. The van der Waals surface area contributed by atoms with E-state index in [0.717, 1.165) is 18.4 Å². The molecule has 8 nitrogen and oxygen atoms in total. The Labute approximate surface area is 194 Å². The van der Waals surface area contributed by atoms with Crippen molar-refractivity contribution in [2.45, 2.75) is 19.8 Å². The van der Waals surface area contributed by atoms with E-state index in [0.29, 0.717) is 64.0 Å². The molecule has 2 amide bonds. The van der Waals surface area contributed by atoms with Gasteiger partial charge < -0.3 is 19.4 Å². The number of ether oxygens (including phenoxy) is 1. The fourth-order valence-electron chi connectivity index (χ4n) is 5.53. The van der Waals surface area contributed by atoms with Crippen LogP contribution >= 0.6 is 0 Å². The Hall–Kier alpha value is -3.00. The zero-order chi connectivity index (χ0) is 22.8. The number of rotatable bonds is 3. The number of morpholine rings is 1. The van der Waals surface area contributed by atoms with Gasteiger partial charge in [-0.05, 0) is 38.0 Å². The van der Waals surface area contributed by atoms with Crippen LogP contribution in [-0.4, -0.2) is 84.1 Å². The lowest BCUT2D eigenvalue weighted by molar-refractivity contribution is -0.148. The summed E-state index contributed by atoms with van der Waals surface area (Å²) in [7, 11) is 0. The van der Waals surface area contributed by atoms with E-state index in [9.17, 15) is 9.59 Å². The third-order valence-corrected chi connectivity index (χ3v) is 7.33. The smallest absolute Gasteiger partial charge is 0.253 e. The minimum absolute atomic E-state index is 0.0218. The Morgan fingerprint density at radius 2 is 1.73 bits per heavy atom. The second-order valence-electron chi connectivity index (χ2n) is 9.41. The van der Waals surface area contributed by atoms with E-state index < -0.39 is 5.41 Å². The number of anilines is 1. The topological polar surface area (TPSA) is 78.9 Å². The van der Waals surface area contributed by atoms with Crippen LogP contribution in [0.15, 0.2) is 42.7 Å². The van der Waals surface area contributed by atoms with Crippen LogP contribution in [0.25, 0.3) is 0 Å². The first-order chi connectivity index (χ1) is 16.1. The van der Waals surface area contributed by atoms with Gasteiger partial charge in [0, 0.05) is 63.1 Å². The van der Waals surface area contributed by atoms with Crippen molar-refractivity contribution >= 4 is 17.8 Å². The van der Waals surface area contributed by atoms with E-state index in [-0.39, 0.29) is 17.7 Å². The molecule has 8 heteroatoms. The lowest BCUT2D eigenvalue weighted by atomic mass is 9.73. The SMILES string of the molecule is Cc1ccc(C(=O)N2CCC[C@@]3(C(=O)N4CCOCC4)CN(c4ncccn4)C[C@H]3C2)cc1. The Morgan fingerprint density at radius 1 is 1.00 bits per heavy atom. The molecule has 5 rings (SSSR count). The summed E-state index contributed by atoms with van der Waals surface area (Å²) in [5, 5.41) is 0. The van der Waals surface area contributed by atoms with E-state index in [1.807, 2.05) is 41.0 Å². The molecular weight excluding hydrogens is 418 g/mol. The quantitative estimate of drug-likeness (QED) is 0.713. The van der Waals surface area contributed by atoms with E-state index in [1.54, 1.807) is 18.5 Å². The van der Waals surface area contributed by atoms with Crippen LogP contribution in [0.1, 0.15) is 28.8 Å². The minimum Gasteiger partial charge on any atom is -0.378 e. The third-order valence-electron chi connectivity index (χ3n) is 7.33. The van der Waals surface area contributed by atoms with Gasteiger partial charge in [0.25, 0.3) is 5.91 Å². The normalized spacial score (nSPS) is 25.5. The van der Waals surface area contributed by atoms with Gasteiger partial charge in [0.2, 0.25) is 11.9 Å². The van der Waals surface area contributed by atoms with Crippen molar-refractivity contribution in [3.8, 4) is 0 Å². The predicted molar refractivity (Wildman–Crippen MR) is 124 cm³/mol. The van der Waals surface area contributed by atoms with Gasteiger partial charge >= 0.3 is 0 Å². The van der Waals surface area contributed by atoms with Gasteiger partial charge in [0.05, 0.1) is 18.6 Å². The minimum atomic E-state index is -0.543. The number of carbonyl (C=O) groups excluding carboxylic acids is 2. The van der Waals surface area contributed by atoms with Crippen molar-refractivity contribution in [2.75, 3.05) is 57.4 Å². The molecule has 0 radical (unpaired) electrons. The van der Waals surface area contributed by atoms with Crippen molar-refractivity contribution in [3.63, 3.8) is 0 Å². The standard InChI is InChI=1S/C25H31N5O3/c1-19-4-6-20(7-5-19)22(31)29-11-2-8-25(23(32)28-12-14-33-15-13-28)18-30(17-21(25)16-29)24-26-9-3-10-27-24/h3-7,9-10,21H,2,8,11-18H2,1H3/t21-,25-/m1/s1. The monoisotopic (exact) mass is 449 g/mol. The summed E-state index contributed by atoms with van der Waals surface area (Å²) in [6.45, 7) is 6.91. The first-order valence-electron chi connectivity index (χ1n) is 11.8. The molecule has 1 aromatic heterocycles. The van der Waals surface area contributed by atoms with Gasteiger partial charge in [0.1, 0.15) is 0 Å². The Balaban J connectivity index is 1.44. The van der Waals surface area contributed by atoms with Gasteiger partial charge in [-0.15, -0.1) is 0 Å². The molecule has 4 heterocycles. The lowest BCUT2D eigenvalue weighted by Crippen LogP contribution is -2.53. The molecule has 3 aliphatic rings. The third kappa shape index (κ3) is 4.19. The van der Waals surface area contributed by atoms with Crippen molar-refractivity contribution < 1.29 is 14.3 Å². The molecule has 0 bridgehead atoms. The number of amides is 2. The van der Waals surface area contributed by atoms with Crippen molar-refractivity contribution in [2.24, 2.45) is 11.3 Å². The molecule has 174 valence electrons. The summed E-state index contributed by atoms with van der Waals surface area (Å²) < 4.78 is 5.49. The molecule has 0 unspecified atom stereocenters. The highest BCUT2D eigenvalue weighted by Gasteiger charge is 2.55. The van der Waals surface area contributed by atoms with Crippen LogP contribution in [-0.2, 0) is 9.53 Å². The van der Waals surface area contributed by atoms with E-state index >= 15 is 0 Å². The molecule has 0 spiro atoms. The molecule has 33 heavy (non-hydrogen) atoms. The zero-order valence-electron chi connectivity index (χ0n) is 19.2. The van der Waals surface area contributed by atoms with Gasteiger partial charge in [-0.25, -0.2) is 9.97 Å². The molecule has 3 aliphatic heterocycles. The lowest BCUT2D eigenvalue weighted by Gasteiger charge is -2.38. The first kappa shape index (κ1) is 21.8. The van der Waals surface area contributed by atoms with E-state index in [2.05, 4.69) is 14.9 Å². The van der Waals surface area contributed by atoms with Gasteiger partial charge in [0.15, 0.2) is 0 Å². The molecule has 3 saturated heterocycles. The van der Waals surface area contributed by atoms with Crippen LogP contribution < -0.4 is 4.90 Å². The fraction of sp³-hybridized carbons (Fsp3) is 0.520. The number of aromatic nitrogens is 2. The van der Waals surface area contributed by atoms with Crippen molar-refractivity contribution in [3.05, 3.63) is 53.9 Å². The Bertz CT molecular complexity index is 993. The molecule has 1 aromatic carbocycles. The number of fused-ring (bicyclic) bond motifs is 1. The van der Waals surface area contributed by atoms with Crippen molar-refractivity contribution in [1.29, 1.82) is 0 Å². The molecule has 3 fully saturated rings. The maximum absolute atomic E-state index is 14.0. The fourth-order valence-corrected chi connectivity index (χ4v) is 5.53. The summed E-state index contributed by atoms with van der Waals surface area (Å²) >= 11 is 0. The number of carbonyl (C=O) groups is 2. The zero-order valence-corrected chi connectivity index (χ0v) is 19.2. The number of hydrogen-bond acceptors (Lipinski definition) is 6. The average molecular weight is 450 g/mol. The number of aryl methyl sites for hydroxylation is 1. The maximum Gasteiger partial charge on any atom is 0.253 e. The van der Waals surface area contributed by atoms with Crippen LogP contribution in [0, 0.1) is 18.3 Å². The largest absolute Gasteiger partial charge is 0.378 e. The van der Waals surface area contributed by atoms with E-state index in [1.165, 1.54) is 0 Å². The predicted octanol–water partition coefficient (Wildman–Crippen LogP) is 2.00. The van der Waals surface area contributed by atoms with Crippen LogP contribution in [0.2, 0.25) is 0 Å². The van der Waals surface area contributed by atoms with Crippen LogP contribution in [0.4, 0.5) is 5.95 Å². The highest BCUT2D eigenvalue weighted by atomic mass is 16.5. The molecule has 0 N–H and O–H groups in total. The number of likely N-dealkylation sites (tertiary alicyclic amines) is 1. The molecule has 0 saturated carbocycles. The van der Waals surface area contributed by atoms with Crippen molar-refractivity contribution in [1.82, 2.24) is 19.8 Å². The molecule has 2 aromatic rings. The number of hydrogen-bond donors (Lipinski definition) is 0. The van der Waals surface area contributed by atoms with Gasteiger partial charge in [-0.3, -0.25) is 9.59 Å². The maximum atomic E-state index is 14.0. The second kappa shape index (κ2) is 9.09. The first-order valence-corrected chi connectivity index (χ1v) is 11.8. The highest BCUT2D eigenvalue weighted by Crippen LogP contribution is 2.45. The molecular formula is C25H31N5O3. The van der Waals surface area contributed by atoms with E-state index in [4.69, 9.17) is 4.74 Å². The summed E-state index contributed by atoms with van der Waals surface area (Å²) in [6.07, 6.45) is 5.03. The summed E-state index contributed by atoms with van der Waals surface area (Å²) in [4.78, 5) is 42.2. The van der Waals surface area contributed by atoms with Gasteiger partial charge in [-0.1, -0.05) is 17.7 Å². The number of benzene rings is 1. The Kier molecular flexibility index (Phi) is 6.01. The second-order valence-corrected chi connectivity index (χ2v) is 9.41. The molecule has 2 atom stereocenters. The van der Waals surface area contributed by atoms with Crippen LogP contribution in [0.3, 0.4) is 0 Å². The highest BCUT2D eigenvalue weighted by molar-refractivity contribution is 5.94. The average Bonchev–Trinajstić information content (AvgIpc) is 3.13. The number of nitrogens with zero attached hydrogens (tertiary/aromatic N) is 5. The summed E-state index contributed by atoms with van der Waals surface area (Å²) in [6, 6.07) is 9.54. The molecule has 0 aliphatic carbocycles. The summed E-state index contributed by atoms with van der Waals surface area (Å²) in [5.74, 6) is 0.905. The van der Waals surface area contributed by atoms with Crippen LogP contribution in [0.5, 0.6) is 0 Å².